The molecule has 2 aromatic rings. The van der Waals surface area contributed by atoms with Crippen molar-refractivity contribution in [3.8, 4) is 5.75 Å². The molecule has 1 heterocycles. The van der Waals surface area contributed by atoms with Crippen LogP contribution in [0.3, 0.4) is 0 Å². The maximum atomic E-state index is 13.5. The van der Waals surface area contributed by atoms with Gasteiger partial charge in [-0.3, -0.25) is 9.59 Å². The first-order valence-corrected chi connectivity index (χ1v) is 12.3. The SMILES string of the molecule is CC(C)[C@@H](NC(=O)Cc1cccc(OC(F)(F)F)c1)C(=O)N1CC[C@H](c2ccc(Cl)cc2)C(C)(C)C1. The Balaban J connectivity index is 1.65. The number of piperidine rings is 1. The summed E-state index contributed by atoms with van der Waals surface area (Å²) in [6.07, 6.45) is -4.20. The summed E-state index contributed by atoms with van der Waals surface area (Å²) in [5, 5.41) is 3.48. The second kappa shape index (κ2) is 11.1. The van der Waals surface area contributed by atoms with Gasteiger partial charge >= 0.3 is 6.36 Å². The van der Waals surface area contributed by atoms with Crippen LogP contribution in [0.4, 0.5) is 13.2 Å². The van der Waals surface area contributed by atoms with E-state index in [1.807, 2.05) is 38.1 Å². The molecule has 9 heteroatoms. The number of amides is 2. The molecule has 0 saturated carbocycles. The van der Waals surface area contributed by atoms with Crippen molar-refractivity contribution in [2.75, 3.05) is 13.1 Å². The molecular weight excluding hydrogens is 493 g/mol. The Morgan fingerprint density at radius 3 is 2.42 bits per heavy atom. The average molecular weight is 525 g/mol. The van der Waals surface area contributed by atoms with Crippen LogP contribution in [0.15, 0.2) is 48.5 Å². The summed E-state index contributed by atoms with van der Waals surface area (Å²) >= 11 is 6.04. The van der Waals surface area contributed by atoms with Crippen molar-refractivity contribution in [1.29, 1.82) is 0 Å². The van der Waals surface area contributed by atoms with Gasteiger partial charge < -0.3 is 15.0 Å². The van der Waals surface area contributed by atoms with E-state index in [9.17, 15) is 22.8 Å². The van der Waals surface area contributed by atoms with Gasteiger partial charge in [0.25, 0.3) is 0 Å². The Morgan fingerprint density at radius 1 is 1.17 bits per heavy atom. The number of carbonyl (C=O) groups is 2. The summed E-state index contributed by atoms with van der Waals surface area (Å²) in [7, 11) is 0. The van der Waals surface area contributed by atoms with E-state index < -0.39 is 24.1 Å². The Labute approximate surface area is 215 Å². The van der Waals surface area contributed by atoms with Crippen LogP contribution in [-0.2, 0) is 16.0 Å². The topological polar surface area (TPSA) is 58.6 Å². The molecular formula is C27H32ClF3N2O3. The molecule has 2 aromatic carbocycles. The van der Waals surface area contributed by atoms with Crippen molar-refractivity contribution in [2.24, 2.45) is 11.3 Å². The summed E-state index contributed by atoms with van der Waals surface area (Å²) in [5.41, 5.74) is 1.35. The lowest BCUT2D eigenvalue weighted by Gasteiger charge is -2.45. The molecule has 0 bridgehead atoms. The number of nitrogens with one attached hydrogen (secondary N) is 1. The lowest BCUT2D eigenvalue weighted by molar-refractivity contribution is -0.274. The number of alkyl halides is 3. The molecule has 0 spiro atoms. The third kappa shape index (κ3) is 7.38. The Hall–Kier alpha value is -2.74. The summed E-state index contributed by atoms with van der Waals surface area (Å²) in [5.74, 6) is -0.901. The Kier molecular flexibility index (Phi) is 8.59. The van der Waals surface area contributed by atoms with Gasteiger partial charge in [-0.15, -0.1) is 13.2 Å². The lowest BCUT2D eigenvalue weighted by Crippen LogP contribution is -2.56. The molecule has 196 valence electrons. The van der Waals surface area contributed by atoms with Gasteiger partial charge in [0, 0.05) is 18.1 Å². The summed E-state index contributed by atoms with van der Waals surface area (Å²) in [6.45, 7) is 9.06. The normalized spacial score (nSPS) is 18.6. The fourth-order valence-electron chi connectivity index (χ4n) is 4.83. The molecule has 0 aliphatic carbocycles. The molecule has 1 saturated heterocycles. The molecule has 0 aromatic heterocycles. The highest BCUT2D eigenvalue weighted by Gasteiger charge is 2.40. The maximum absolute atomic E-state index is 13.5. The van der Waals surface area contributed by atoms with Crippen LogP contribution in [-0.4, -0.2) is 42.2 Å². The largest absolute Gasteiger partial charge is 0.573 e. The number of benzene rings is 2. The Morgan fingerprint density at radius 2 is 1.83 bits per heavy atom. The maximum Gasteiger partial charge on any atom is 0.573 e. The standard InChI is InChI=1S/C27H32ClF3N2O3/c1-17(2)24(32-23(34)15-18-6-5-7-21(14-18)36-27(29,30)31)25(35)33-13-12-22(26(3,4)16-33)19-8-10-20(28)11-9-19/h5-11,14,17,22,24H,12-13,15-16H2,1-4H3,(H,32,34)/t22-,24-/m1/s1. The highest BCUT2D eigenvalue weighted by molar-refractivity contribution is 6.30. The molecule has 5 nitrogen and oxygen atoms in total. The number of halogens is 4. The van der Waals surface area contributed by atoms with Crippen LogP contribution < -0.4 is 10.1 Å². The monoisotopic (exact) mass is 524 g/mol. The highest BCUT2D eigenvalue weighted by Crippen LogP contribution is 2.42. The van der Waals surface area contributed by atoms with Crippen molar-refractivity contribution in [2.45, 2.75) is 58.9 Å². The van der Waals surface area contributed by atoms with Crippen molar-refractivity contribution < 1.29 is 27.5 Å². The van der Waals surface area contributed by atoms with Crippen molar-refractivity contribution in [3.05, 3.63) is 64.7 Å². The average Bonchev–Trinajstić information content (AvgIpc) is 2.76. The van der Waals surface area contributed by atoms with Crippen LogP contribution in [0.25, 0.3) is 0 Å². The Bertz CT molecular complexity index is 1070. The van der Waals surface area contributed by atoms with E-state index in [0.29, 0.717) is 23.7 Å². The minimum atomic E-state index is -4.81. The second-order valence-corrected chi connectivity index (χ2v) is 10.7. The molecule has 1 aliphatic rings. The van der Waals surface area contributed by atoms with E-state index in [0.717, 1.165) is 6.42 Å². The molecule has 3 rings (SSSR count). The van der Waals surface area contributed by atoms with E-state index in [4.69, 9.17) is 11.6 Å². The second-order valence-electron chi connectivity index (χ2n) is 10.3. The molecule has 1 N–H and O–H groups in total. The predicted octanol–water partition coefficient (Wildman–Crippen LogP) is 5.96. The number of hydrogen-bond acceptors (Lipinski definition) is 3. The summed E-state index contributed by atoms with van der Waals surface area (Å²) in [6, 6.07) is 12.3. The predicted molar refractivity (Wildman–Crippen MR) is 133 cm³/mol. The zero-order chi connectivity index (χ0) is 26.7. The van der Waals surface area contributed by atoms with Gasteiger partial charge in [0.05, 0.1) is 6.42 Å². The summed E-state index contributed by atoms with van der Waals surface area (Å²) < 4.78 is 41.4. The van der Waals surface area contributed by atoms with Gasteiger partial charge in [-0.05, 0) is 59.1 Å². The number of nitrogens with zero attached hydrogens (tertiary/aromatic N) is 1. The van der Waals surface area contributed by atoms with E-state index in [1.165, 1.54) is 23.8 Å². The van der Waals surface area contributed by atoms with Crippen LogP contribution in [0.5, 0.6) is 5.75 Å². The minimum absolute atomic E-state index is 0.157. The molecule has 2 atom stereocenters. The van der Waals surface area contributed by atoms with Gasteiger partial charge in [0.2, 0.25) is 11.8 Å². The first kappa shape index (κ1) is 27.8. The number of hydrogen-bond donors (Lipinski definition) is 1. The number of ether oxygens (including phenoxy) is 1. The van der Waals surface area contributed by atoms with Gasteiger partial charge in [-0.1, -0.05) is 63.6 Å². The minimum Gasteiger partial charge on any atom is -0.406 e. The number of rotatable bonds is 7. The fraction of sp³-hybridized carbons (Fsp3) is 0.481. The number of carbonyl (C=O) groups excluding carboxylic acids is 2. The third-order valence-corrected chi connectivity index (χ3v) is 6.81. The van der Waals surface area contributed by atoms with Gasteiger partial charge in [0.15, 0.2) is 0 Å². The lowest BCUT2D eigenvalue weighted by atomic mass is 9.70. The van der Waals surface area contributed by atoms with E-state index in [1.54, 1.807) is 11.0 Å². The highest BCUT2D eigenvalue weighted by atomic mass is 35.5. The molecule has 2 amide bonds. The third-order valence-electron chi connectivity index (χ3n) is 6.56. The zero-order valence-corrected chi connectivity index (χ0v) is 21.6. The first-order chi connectivity index (χ1) is 16.7. The van der Waals surface area contributed by atoms with E-state index >= 15 is 0 Å². The smallest absolute Gasteiger partial charge is 0.406 e. The quantitative estimate of drug-likeness (QED) is 0.486. The van der Waals surface area contributed by atoms with Crippen LogP contribution in [0, 0.1) is 11.3 Å². The molecule has 0 unspecified atom stereocenters. The van der Waals surface area contributed by atoms with E-state index in [2.05, 4.69) is 23.9 Å². The van der Waals surface area contributed by atoms with Crippen LogP contribution >= 0.6 is 11.6 Å². The van der Waals surface area contributed by atoms with Gasteiger partial charge in [0.1, 0.15) is 11.8 Å². The van der Waals surface area contributed by atoms with Crippen molar-refractivity contribution in [1.82, 2.24) is 10.2 Å². The summed E-state index contributed by atoms with van der Waals surface area (Å²) in [4.78, 5) is 28.0. The van der Waals surface area contributed by atoms with Crippen LogP contribution in [0.1, 0.15) is 51.2 Å². The molecule has 1 aliphatic heterocycles. The van der Waals surface area contributed by atoms with E-state index in [-0.39, 0.29) is 29.6 Å². The van der Waals surface area contributed by atoms with Crippen molar-refractivity contribution >= 4 is 23.4 Å². The number of likely N-dealkylation sites (tertiary alicyclic amines) is 1. The van der Waals surface area contributed by atoms with Gasteiger partial charge in [-0.25, -0.2) is 0 Å². The molecule has 0 radical (unpaired) electrons. The zero-order valence-electron chi connectivity index (χ0n) is 20.9. The fourth-order valence-corrected chi connectivity index (χ4v) is 4.96. The van der Waals surface area contributed by atoms with Gasteiger partial charge in [-0.2, -0.15) is 0 Å². The first-order valence-electron chi connectivity index (χ1n) is 11.9. The van der Waals surface area contributed by atoms with Crippen molar-refractivity contribution in [3.63, 3.8) is 0 Å². The van der Waals surface area contributed by atoms with Crippen LogP contribution in [0.2, 0.25) is 5.02 Å². The molecule has 1 fully saturated rings. The molecule has 36 heavy (non-hydrogen) atoms.